The van der Waals surface area contributed by atoms with E-state index in [2.05, 4.69) is 14.8 Å². The van der Waals surface area contributed by atoms with E-state index in [-0.39, 0.29) is 38.6 Å². The molecule has 2 aromatic rings. The van der Waals surface area contributed by atoms with Gasteiger partial charge in [0.25, 0.3) is 5.91 Å². The lowest BCUT2D eigenvalue weighted by Crippen LogP contribution is -2.53. The van der Waals surface area contributed by atoms with Crippen molar-refractivity contribution < 1.29 is 62.3 Å². The number of piperazine rings is 2. The van der Waals surface area contributed by atoms with Gasteiger partial charge in [0, 0.05) is 66.2 Å². The van der Waals surface area contributed by atoms with Gasteiger partial charge in [-0.15, -0.1) is 0 Å². The van der Waals surface area contributed by atoms with Crippen LogP contribution in [-0.2, 0) is 60.8 Å². The number of carbonyl (C=O) groups is 6. The number of hydrogen-bond acceptors (Lipinski definition) is 14. The van der Waals surface area contributed by atoms with Crippen LogP contribution < -0.4 is 5.32 Å². The fourth-order valence-electron chi connectivity index (χ4n) is 5.20. The number of methoxy groups -OCH3 is 2. The van der Waals surface area contributed by atoms with Crippen molar-refractivity contribution in [1.29, 1.82) is 0 Å². The number of aliphatic hydroxyl groups excluding tert-OH is 1. The van der Waals surface area contributed by atoms with Crippen LogP contribution in [0.2, 0.25) is 0 Å². The Hall–Kier alpha value is -5.26. The molecule has 3 heterocycles. The van der Waals surface area contributed by atoms with Gasteiger partial charge < -0.3 is 53.5 Å². The minimum Gasteiger partial charge on any atom is -0.469 e. The lowest BCUT2D eigenvalue weighted by molar-refractivity contribution is -0.161. The van der Waals surface area contributed by atoms with Gasteiger partial charge in [0.05, 0.1) is 27.1 Å². The molecule has 3 aliphatic heterocycles. The maximum Gasteiger partial charge on any atom is 0.410 e. The van der Waals surface area contributed by atoms with E-state index in [4.69, 9.17) is 18.9 Å². The molecule has 296 valence electrons. The minimum absolute atomic E-state index is 0.0984. The molecule has 0 aliphatic carbocycles. The van der Waals surface area contributed by atoms with E-state index in [0.29, 0.717) is 19.7 Å². The summed E-state index contributed by atoms with van der Waals surface area (Å²) in [6, 6.07) is 19.1. The van der Waals surface area contributed by atoms with Crippen LogP contribution in [0.4, 0.5) is 9.59 Å². The van der Waals surface area contributed by atoms with E-state index in [9.17, 15) is 33.9 Å². The lowest BCUT2D eigenvalue weighted by atomic mass is 10.2. The van der Waals surface area contributed by atoms with Crippen molar-refractivity contribution in [3.05, 3.63) is 71.8 Å². The first kappa shape index (κ1) is 43.1. The third-order valence-electron chi connectivity index (χ3n) is 8.12. The zero-order valence-electron chi connectivity index (χ0n) is 31.1. The van der Waals surface area contributed by atoms with Crippen LogP contribution in [0.3, 0.4) is 0 Å². The molecular formula is C37H50N4O13. The van der Waals surface area contributed by atoms with Gasteiger partial charge in [-0.05, 0) is 11.1 Å². The van der Waals surface area contributed by atoms with Gasteiger partial charge >= 0.3 is 30.1 Å². The zero-order valence-corrected chi connectivity index (χ0v) is 31.1. The number of cyclic esters (lactones) is 1. The second-order valence-electron chi connectivity index (χ2n) is 12.6. The van der Waals surface area contributed by atoms with E-state index in [1.54, 1.807) is 18.7 Å². The van der Waals surface area contributed by atoms with E-state index < -0.39 is 47.9 Å². The SMILES string of the molecule is COC(=O)C[C@@H](O)C(=O)N1CCN(C(=O)OCc2ccccc2)CC1.COC(=O)C[C@H]1OC(C)(C)OC1=O.O=C(OCc1ccccc1)N1CCNCC1. The second kappa shape index (κ2) is 22.1. The number of benzene rings is 2. The van der Waals surface area contributed by atoms with Crippen molar-refractivity contribution in [3.8, 4) is 0 Å². The molecule has 0 saturated carbocycles. The van der Waals surface area contributed by atoms with Crippen molar-refractivity contribution in [2.75, 3.05) is 66.6 Å². The molecule has 0 aromatic heterocycles. The summed E-state index contributed by atoms with van der Waals surface area (Å²) in [5, 5.41) is 13.0. The van der Waals surface area contributed by atoms with Gasteiger partial charge in [0.15, 0.2) is 6.10 Å². The highest BCUT2D eigenvalue weighted by molar-refractivity contribution is 5.86. The molecule has 2 N–H and O–H groups in total. The summed E-state index contributed by atoms with van der Waals surface area (Å²) >= 11 is 0. The number of amides is 3. The van der Waals surface area contributed by atoms with Crippen LogP contribution in [0.5, 0.6) is 0 Å². The summed E-state index contributed by atoms with van der Waals surface area (Å²) < 4.78 is 29.3. The van der Waals surface area contributed by atoms with Gasteiger partial charge in [-0.25, -0.2) is 14.4 Å². The van der Waals surface area contributed by atoms with Crippen LogP contribution in [0.15, 0.2) is 60.7 Å². The van der Waals surface area contributed by atoms with Crippen LogP contribution >= 0.6 is 0 Å². The number of hydrogen-bond donors (Lipinski definition) is 2. The van der Waals surface area contributed by atoms with Crippen molar-refractivity contribution in [2.24, 2.45) is 0 Å². The molecule has 2 atom stereocenters. The zero-order chi connectivity index (χ0) is 39.5. The molecule has 54 heavy (non-hydrogen) atoms. The maximum atomic E-state index is 12.1. The standard InChI is InChI=1S/C17H22N2O6.C12H16N2O2.C8H12O5/c1-24-15(21)11-14(20)16(22)18-7-9-19(10-8-18)17(23)25-12-13-5-3-2-4-6-13;15-12(14-8-6-13-7-9-14)16-10-11-4-2-1-3-5-11;1-8(2)12-5(7(10)13-8)4-6(9)11-3/h2-6,14,20H,7-12H2,1H3;1-5,13H,6-10H2;5H,4H2,1-3H3/t14-;;5-/m1.1/s1. The summed E-state index contributed by atoms with van der Waals surface area (Å²) in [5.74, 6) is -3.13. The Bertz CT molecular complexity index is 1510. The topological polar surface area (TPSA) is 200 Å². The first-order valence-corrected chi connectivity index (χ1v) is 17.4. The molecule has 2 aromatic carbocycles. The Morgan fingerprint density at radius 2 is 1.22 bits per heavy atom. The predicted octanol–water partition coefficient (Wildman–Crippen LogP) is 1.85. The number of rotatable bonds is 9. The Labute approximate surface area is 314 Å². The van der Waals surface area contributed by atoms with Crippen LogP contribution in [0.1, 0.15) is 37.8 Å². The smallest absolute Gasteiger partial charge is 0.410 e. The molecule has 0 bridgehead atoms. The molecule has 3 fully saturated rings. The quantitative estimate of drug-likeness (QED) is 0.277. The maximum absolute atomic E-state index is 12.1. The van der Waals surface area contributed by atoms with Crippen LogP contribution in [0.25, 0.3) is 0 Å². The fourth-order valence-corrected chi connectivity index (χ4v) is 5.20. The molecule has 17 nitrogen and oxygen atoms in total. The highest BCUT2D eigenvalue weighted by Gasteiger charge is 2.42. The normalized spacial score (nSPS) is 18.0. The summed E-state index contributed by atoms with van der Waals surface area (Å²) in [6.07, 6.45) is -3.39. The minimum atomic E-state index is -1.43. The molecule has 17 heteroatoms. The number of carbonyl (C=O) groups excluding carboxylic acids is 6. The van der Waals surface area contributed by atoms with Crippen molar-refractivity contribution in [1.82, 2.24) is 20.0 Å². The highest BCUT2D eigenvalue weighted by atomic mass is 16.8. The average molecular weight is 759 g/mol. The summed E-state index contributed by atoms with van der Waals surface area (Å²) in [7, 11) is 2.45. The van der Waals surface area contributed by atoms with E-state index in [1.165, 1.54) is 24.0 Å². The fraction of sp³-hybridized carbons (Fsp3) is 0.514. The number of esters is 3. The van der Waals surface area contributed by atoms with Gasteiger partial charge in [0.2, 0.25) is 5.79 Å². The Balaban J connectivity index is 0.000000233. The lowest BCUT2D eigenvalue weighted by Gasteiger charge is -2.34. The van der Waals surface area contributed by atoms with Crippen LogP contribution in [-0.4, -0.2) is 140 Å². The average Bonchev–Trinajstić information content (AvgIpc) is 3.46. The van der Waals surface area contributed by atoms with Gasteiger partial charge in [-0.2, -0.15) is 0 Å². The number of aliphatic hydroxyl groups is 1. The Morgan fingerprint density at radius 3 is 1.67 bits per heavy atom. The summed E-state index contributed by atoms with van der Waals surface area (Å²) in [5.41, 5.74) is 1.92. The van der Waals surface area contributed by atoms with Crippen molar-refractivity contribution in [2.45, 2.75) is 57.9 Å². The number of nitrogens with one attached hydrogen (secondary N) is 1. The number of ether oxygens (including phenoxy) is 6. The van der Waals surface area contributed by atoms with Gasteiger partial charge in [-0.3, -0.25) is 14.4 Å². The van der Waals surface area contributed by atoms with Gasteiger partial charge in [-0.1, -0.05) is 60.7 Å². The summed E-state index contributed by atoms with van der Waals surface area (Å²) in [6.45, 7) is 8.09. The van der Waals surface area contributed by atoms with Crippen molar-refractivity contribution >= 4 is 36.0 Å². The number of nitrogens with zero attached hydrogens (tertiary/aromatic N) is 3. The predicted molar refractivity (Wildman–Crippen MR) is 190 cm³/mol. The largest absolute Gasteiger partial charge is 0.469 e. The van der Waals surface area contributed by atoms with E-state index in [0.717, 1.165) is 37.3 Å². The molecule has 5 rings (SSSR count). The highest BCUT2D eigenvalue weighted by Crippen LogP contribution is 2.25. The third kappa shape index (κ3) is 15.0. The molecule has 3 aliphatic rings. The van der Waals surface area contributed by atoms with Crippen molar-refractivity contribution in [3.63, 3.8) is 0 Å². The van der Waals surface area contributed by atoms with E-state index >= 15 is 0 Å². The molecule has 3 saturated heterocycles. The monoisotopic (exact) mass is 758 g/mol. The Kier molecular flexibility index (Phi) is 17.6. The third-order valence-corrected chi connectivity index (χ3v) is 8.12. The Morgan fingerprint density at radius 1 is 0.759 bits per heavy atom. The first-order valence-electron chi connectivity index (χ1n) is 17.4. The molecule has 0 radical (unpaired) electrons. The molecule has 0 unspecified atom stereocenters. The molecule has 3 amide bonds. The second-order valence-corrected chi connectivity index (χ2v) is 12.6. The first-order chi connectivity index (χ1) is 25.8. The summed E-state index contributed by atoms with van der Waals surface area (Å²) in [4.78, 5) is 73.5. The van der Waals surface area contributed by atoms with Crippen LogP contribution in [0, 0.1) is 0 Å². The molecule has 0 spiro atoms. The molecular weight excluding hydrogens is 708 g/mol. The van der Waals surface area contributed by atoms with Gasteiger partial charge in [0.1, 0.15) is 19.3 Å². The van der Waals surface area contributed by atoms with E-state index in [1.807, 2.05) is 60.7 Å².